The van der Waals surface area contributed by atoms with Gasteiger partial charge in [0, 0.05) is 24.6 Å². The lowest BCUT2D eigenvalue weighted by Crippen LogP contribution is -1.96. The summed E-state index contributed by atoms with van der Waals surface area (Å²) in [5.41, 5.74) is 6.65. The molecule has 0 saturated carbocycles. The summed E-state index contributed by atoms with van der Waals surface area (Å²) in [6, 6.07) is 29.5. The number of aromatic nitrogens is 2. The first-order chi connectivity index (χ1) is 15.2. The number of imidazole rings is 1. The van der Waals surface area contributed by atoms with E-state index in [1.54, 1.807) is 16.5 Å². The van der Waals surface area contributed by atoms with Gasteiger partial charge in [0.1, 0.15) is 17.1 Å². The van der Waals surface area contributed by atoms with Gasteiger partial charge in [0.2, 0.25) is 5.88 Å². The average molecular weight is 406 g/mol. The highest BCUT2D eigenvalue weighted by molar-refractivity contribution is 5.69. The molecule has 0 aliphatic carbocycles. The molecule has 4 heteroatoms. The summed E-state index contributed by atoms with van der Waals surface area (Å²) in [6.07, 6.45) is 3.18. The summed E-state index contributed by atoms with van der Waals surface area (Å²) in [5.74, 6) is 0.388. The van der Waals surface area contributed by atoms with E-state index in [9.17, 15) is 10.2 Å². The molecule has 2 aromatic heterocycles. The monoisotopic (exact) mass is 406 g/mol. The van der Waals surface area contributed by atoms with Crippen LogP contribution in [0, 0.1) is 0 Å². The Morgan fingerprint density at radius 1 is 0.677 bits per heavy atom. The van der Waals surface area contributed by atoms with Crippen molar-refractivity contribution in [2.45, 2.75) is 12.8 Å². The molecular formula is C27H22N2O2. The maximum absolute atomic E-state index is 11.0. The topological polar surface area (TPSA) is 57.8 Å². The molecule has 5 aromatic rings. The predicted molar refractivity (Wildman–Crippen MR) is 122 cm³/mol. The molecule has 0 amide bonds. The summed E-state index contributed by atoms with van der Waals surface area (Å²) < 4.78 is 1.78. The maximum Gasteiger partial charge on any atom is 0.219 e. The largest absolute Gasteiger partial charge is 0.508 e. The van der Waals surface area contributed by atoms with Crippen LogP contribution >= 0.6 is 0 Å². The zero-order valence-corrected chi connectivity index (χ0v) is 16.9. The molecule has 0 saturated heterocycles. The van der Waals surface area contributed by atoms with Crippen molar-refractivity contribution in [1.29, 1.82) is 0 Å². The second-order valence-corrected chi connectivity index (χ2v) is 7.70. The summed E-state index contributed by atoms with van der Waals surface area (Å²) in [7, 11) is 0. The zero-order chi connectivity index (χ0) is 21.2. The molecular weight excluding hydrogens is 384 g/mol. The fourth-order valence-corrected chi connectivity index (χ4v) is 3.91. The molecule has 2 heterocycles. The summed E-state index contributed by atoms with van der Waals surface area (Å²) in [4.78, 5) is 4.83. The molecule has 3 aromatic carbocycles. The Morgan fingerprint density at radius 3 is 1.94 bits per heavy atom. The van der Waals surface area contributed by atoms with E-state index in [1.807, 2.05) is 66.9 Å². The molecule has 0 fully saturated rings. The van der Waals surface area contributed by atoms with Gasteiger partial charge in [0.05, 0.1) is 0 Å². The van der Waals surface area contributed by atoms with E-state index in [4.69, 9.17) is 4.98 Å². The number of phenolic OH excluding ortho intramolecular Hbond substituents is 1. The van der Waals surface area contributed by atoms with Crippen LogP contribution in [0.4, 0.5) is 0 Å². The van der Waals surface area contributed by atoms with Crippen molar-refractivity contribution in [2.75, 3.05) is 0 Å². The van der Waals surface area contributed by atoms with Crippen LogP contribution in [0.2, 0.25) is 0 Å². The molecule has 0 spiro atoms. The van der Waals surface area contributed by atoms with Crippen molar-refractivity contribution < 1.29 is 10.2 Å². The Hall–Kier alpha value is -4.05. The van der Waals surface area contributed by atoms with E-state index in [1.165, 1.54) is 5.56 Å². The van der Waals surface area contributed by atoms with Crippen molar-refractivity contribution in [3.8, 4) is 22.8 Å². The lowest BCUT2D eigenvalue weighted by Gasteiger charge is -2.09. The van der Waals surface area contributed by atoms with Gasteiger partial charge in [-0.3, -0.25) is 4.40 Å². The molecule has 2 N–H and O–H groups in total. The van der Waals surface area contributed by atoms with Crippen molar-refractivity contribution in [1.82, 2.24) is 9.38 Å². The molecule has 31 heavy (non-hydrogen) atoms. The summed E-state index contributed by atoms with van der Waals surface area (Å²) in [6.45, 7) is 0. The Bertz CT molecular complexity index is 1330. The molecule has 152 valence electrons. The Morgan fingerprint density at radius 2 is 1.29 bits per heavy atom. The first-order valence-corrected chi connectivity index (χ1v) is 10.3. The average Bonchev–Trinajstić information content (AvgIpc) is 3.11. The third kappa shape index (κ3) is 3.88. The second kappa shape index (κ2) is 8.00. The normalized spacial score (nSPS) is 11.1. The minimum absolute atomic E-state index is 0.161. The van der Waals surface area contributed by atoms with Gasteiger partial charge in [-0.15, -0.1) is 0 Å². The highest BCUT2D eigenvalue weighted by Gasteiger charge is 2.17. The van der Waals surface area contributed by atoms with Crippen molar-refractivity contribution in [2.24, 2.45) is 0 Å². The van der Waals surface area contributed by atoms with Crippen LogP contribution in [-0.4, -0.2) is 19.6 Å². The van der Waals surface area contributed by atoms with Crippen molar-refractivity contribution >= 4 is 5.65 Å². The highest BCUT2D eigenvalue weighted by Crippen LogP contribution is 2.30. The number of phenols is 1. The van der Waals surface area contributed by atoms with Crippen molar-refractivity contribution in [3.05, 3.63) is 120 Å². The third-order valence-electron chi connectivity index (χ3n) is 5.49. The van der Waals surface area contributed by atoms with Gasteiger partial charge >= 0.3 is 0 Å². The molecule has 4 nitrogen and oxygen atoms in total. The van der Waals surface area contributed by atoms with Crippen LogP contribution in [0.3, 0.4) is 0 Å². The number of benzene rings is 3. The Labute approximate surface area is 180 Å². The first-order valence-electron chi connectivity index (χ1n) is 10.3. The fourth-order valence-electron chi connectivity index (χ4n) is 3.91. The zero-order valence-electron chi connectivity index (χ0n) is 16.9. The standard InChI is InChI=1S/C27H22N2O2/c30-24-13-11-21(12-14-24)23-17-22(15-19-7-3-1-4-8-19)26-28-25(27(31)29(26)18-23)16-20-9-5-2-6-10-20/h1-14,17-18,30-31H,15-16H2. The molecule has 0 radical (unpaired) electrons. The summed E-state index contributed by atoms with van der Waals surface area (Å²) in [5, 5.41) is 20.7. The second-order valence-electron chi connectivity index (χ2n) is 7.70. The van der Waals surface area contributed by atoms with E-state index >= 15 is 0 Å². The van der Waals surface area contributed by atoms with Crippen LogP contribution in [0.1, 0.15) is 22.4 Å². The van der Waals surface area contributed by atoms with Gasteiger partial charge in [-0.25, -0.2) is 4.98 Å². The first kappa shape index (κ1) is 18.9. The van der Waals surface area contributed by atoms with Gasteiger partial charge in [0.25, 0.3) is 0 Å². The third-order valence-corrected chi connectivity index (χ3v) is 5.49. The van der Waals surface area contributed by atoms with E-state index < -0.39 is 0 Å². The number of hydrogen-bond donors (Lipinski definition) is 2. The van der Waals surface area contributed by atoms with E-state index in [0.717, 1.165) is 27.9 Å². The van der Waals surface area contributed by atoms with Gasteiger partial charge in [-0.2, -0.15) is 0 Å². The number of aromatic hydroxyl groups is 2. The molecule has 0 aliphatic heterocycles. The number of hydrogen-bond acceptors (Lipinski definition) is 3. The SMILES string of the molecule is Oc1ccc(-c2cc(Cc3ccccc3)c3nc(Cc4ccccc4)c(O)n3c2)cc1. The van der Waals surface area contributed by atoms with Crippen LogP contribution < -0.4 is 0 Å². The lowest BCUT2D eigenvalue weighted by molar-refractivity contribution is 0.442. The Balaban J connectivity index is 1.65. The van der Waals surface area contributed by atoms with Gasteiger partial charge in [-0.1, -0.05) is 72.8 Å². The molecule has 0 atom stereocenters. The number of pyridine rings is 1. The van der Waals surface area contributed by atoms with Gasteiger partial charge in [0.15, 0.2) is 0 Å². The number of fused-ring (bicyclic) bond motifs is 1. The minimum Gasteiger partial charge on any atom is -0.508 e. The van der Waals surface area contributed by atoms with E-state index in [0.29, 0.717) is 18.5 Å². The summed E-state index contributed by atoms with van der Waals surface area (Å²) >= 11 is 0. The molecule has 5 rings (SSSR count). The van der Waals surface area contributed by atoms with Crippen molar-refractivity contribution in [3.63, 3.8) is 0 Å². The van der Waals surface area contributed by atoms with E-state index in [-0.39, 0.29) is 11.6 Å². The maximum atomic E-state index is 11.0. The van der Waals surface area contributed by atoms with Crippen LogP contribution in [-0.2, 0) is 12.8 Å². The molecule has 0 unspecified atom stereocenters. The fraction of sp³-hybridized carbons (Fsp3) is 0.0741. The minimum atomic E-state index is 0.161. The van der Waals surface area contributed by atoms with Gasteiger partial charge < -0.3 is 10.2 Å². The number of nitrogens with zero attached hydrogens (tertiary/aromatic N) is 2. The molecule has 0 aliphatic rings. The quantitative estimate of drug-likeness (QED) is 0.400. The predicted octanol–water partition coefficient (Wildman–Crippen LogP) is 5.59. The van der Waals surface area contributed by atoms with Crippen LogP contribution in [0.15, 0.2) is 97.2 Å². The van der Waals surface area contributed by atoms with Gasteiger partial charge in [-0.05, 0) is 40.5 Å². The lowest BCUT2D eigenvalue weighted by atomic mass is 10.0. The highest BCUT2D eigenvalue weighted by atomic mass is 16.3. The number of rotatable bonds is 5. The Kier molecular flexibility index (Phi) is 4.89. The van der Waals surface area contributed by atoms with Crippen LogP contribution in [0.5, 0.6) is 11.6 Å². The smallest absolute Gasteiger partial charge is 0.219 e. The van der Waals surface area contributed by atoms with E-state index in [2.05, 4.69) is 18.2 Å². The van der Waals surface area contributed by atoms with Crippen LogP contribution in [0.25, 0.3) is 16.8 Å². The molecule has 0 bridgehead atoms.